The quantitative estimate of drug-likeness (QED) is 0.680. The van der Waals surface area contributed by atoms with E-state index in [0.29, 0.717) is 31.4 Å². The van der Waals surface area contributed by atoms with Crippen LogP contribution in [-0.2, 0) is 10.0 Å². The Bertz CT molecular complexity index is 484. The van der Waals surface area contributed by atoms with Crippen LogP contribution in [-0.4, -0.2) is 34.7 Å². The molecule has 0 unspecified atom stereocenters. The van der Waals surface area contributed by atoms with Gasteiger partial charge in [-0.2, -0.15) is 0 Å². The lowest BCUT2D eigenvalue weighted by Gasteiger charge is -2.10. The maximum absolute atomic E-state index is 12.0. The predicted molar refractivity (Wildman–Crippen MR) is 80.5 cm³/mol. The highest BCUT2D eigenvalue weighted by Gasteiger charge is 2.12. The number of nitrogens with one attached hydrogen (secondary N) is 2. The Morgan fingerprint density at radius 2 is 1.80 bits per heavy atom. The van der Waals surface area contributed by atoms with E-state index in [2.05, 4.69) is 23.9 Å². The van der Waals surface area contributed by atoms with Crippen LogP contribution in [0, 0.1) is 5.92 Å². The predicted octanol–water partition coefficient (Wildman–Crippen LogP) is 1.61. The molecule has 2 N–H and O–H groups in total. The van der Waals surface area contributed by atoms with E-state index >= 15 is 0 Å². The highest BCUT2D eigenvalue weighted by molar-refractivity contribution is 7.89. The van der Waals surface area contributed by atoms with Crippen molar-refractivity contribution in [2.45, 2.75) is 25.7 Å². The van der Waals surface area contributed by atoms with E-state index in [-0.39, 0.29) is 4.90 Å². The van der Waals surface area contributed by atoms with Crippen LogP contribution in [0.5, 0.6) is 5.75 Å². The molecule has 0 aliphatic carbocycles. The molecule has 0 heterocycles. The first-order chi connectivity index (χ1) is 9.45. The third kappa shape index (κ3) is 5.90. The Hall–Kier alpha value is -1.11. The minimum absolute atomic E-state index is 0.255. The summed E-state index contributed by atoms with van der Waals surface area (Å²) in [5, 5.41) is 3.06. The number of ether oxygens (including phenoxy) is 1. The van der Waals surface area contributed by atoms with Gasteiger partial charge in [0, 0.05) is 13.1 Å². The molecule has 1 rings (SSSR count). The van der Waals surface area contributed by atoms with E-state index in [0.717, 1.165) is 6.54 Å². The molecule has 6 heteroatoms. The zero-order valence-electron chi connectivity index (χ0n) is 12.3. The second-order valence-corrected chi connectivity index (χ2v) is 6.69. The average Bonchev–Trinajstić information content (AvgIpc) is 2.42. The van der Waals surface area contributed by atoms with Crippen LogP contribution in [0.15, 0.2) is 29.2 Å². The zero-order valence-corrected chi connectivity index (χ0v) is 13.2. The molecule has 20 heavy (non-hydrogen) atoms. The van der Waals surface area contributed by atoms with Gasteiger partial charge in [-0.15, -0.1) is 0 Å². The van der Waals surface area contributed by atoms with E-state index in [4.69, 9.17) is 4.74 Å². The molecule has 1 aromatic carbocycles. The molecule has 0 amide bonds. The molecule has 1 aromatic rings. The second-order valence-electron chi connectivity index (χ2n) is 4.93. The Labute approximate surface area is 121 Å². The van der Waals surface area contributed by atoms with Gasteiger partial charge >= 0.3 is 0 Å². The third-order valence-corrected chi connectivity index (χ3v) is 4.04. The van der Waals surface area contributed by atoms with Gasteiger partial charge in [0.05, 0.1) is 11.5 Å². The molecule has 0 aliphatic rings. The molecule has 0 saturated heterocycles. The maximum Gasteiger partial charge on any atom is 0.240 e. The monoisotopic (exact) mass is 300 g/mol. The van der Waals surface area contributed by atoms with Gasteiger partial charge in [-0.25, -0.2) is 13.1 Å². The number of benzene rings is 1. The smallest absolute Gasteiger partial charge is 0.240 e. The number of hydrogen-bond donors (Lipinski definition) is 2. The third-order valence-electron chi connectivity index (χ3n) is 2.56. The summed E-state index contributed by atoms with van der Waals surface area (Å²) in [6.07, 6.45) is 0. The van der Waals surface area contributed by atoms with Crippen molar-refractivity contribution in [2.75, 3.05) is 26.2 Å². The Morgan fingerprint density at radius 3 is 2.35 bits per heavy atom. The SMILES string of the molecule is CCNCCNS(=O)(=O)c1ccc(OCC(C)C)cc1. The van der Waals surface area contributed by atoms with Gasteiger partial charge in [-0.05, 0) is 36.7 Å². The fraction of sp³-hybridized carbons (Fsp3) is 0.571. The maximum atomic E-state index is 12.0. The van der Waals surface area contributed by atoms with Gasteiger partial charge < -0.3 is 10.1 Å². The van der Waals surface area contributed by atoms with Gasteiger partial charge in [0.15, 0.2) is 0 Å². The number of likely N-dealkylation sites (N-methyl/N-ethyl adjacent to an activating group) is 1. The summed E-state index contributed by atoms with van der Waals surface area (Å²) in [7, 11) is -3.43. The number of hydrogen-bond acceptors (Lipinski definition) is 4. The van der Waals surface area contributed by atoms with Crippen LogP contribution in [0.2, 0.25) is 0 Å². The first-order valence-electron chi connectivity index (χ1n) is 6.89. The van der Waals surface area contributed by atoms with Gasteiger partial charge in [-0.3, -0.25) is 0 Å². The fourth-order valence-corrected chi connectivity index (χ4v) is 2.54. The van der Waals surface area contributed by atoms with E-state index < -0.39 is 10.0 Å². The first-order valence-corrected chi connectivity index (χ1v) is 8.37. The summed E-state index contributed by atoms with van der Waals surface area (Å²) >= 11 is 0. The Kier molecular flexibility index (Phi) is 6.98. The molecule has 0 radical (unpaired) electrons. The van der Waals surface area contributed by atoms with Gasteiger partial charge in [0.1, 0.15) is 5.75 Å². The normalized spacial score (nSPS) is 11.8. The molecule has 0 fully saturated rings. The van der Waals surface area contributed by atoms with Crippen molar-refractivity contribution < 1.29 is 13.2 Å². The minimum Gasteiger partial charge on any atom is -0.493 e. The number of sulfonamides is 1. The van der Waals surface area contributed by atoms with Crippen LogP contribution >= 0.6 is 0 Å². The Balaban J connectivity index is 2.57. The summed E-state index contributed by atoms with van der Waals surface area (Å²) in [5.74, 6) is 1.12. The summed E-state index contributed by atoms with van der Waals surface area (Å²) in [5.41, 5.74) is 0. The van der Waals surface area contributed by atoms with Crippen molar-refractivity contribution in [3.8, 4) is 5.75 Å². The van der Waals surface area contributed by atoms with Gasteiger partial charge in [0.2, 0.25) is 10.0 Å². The highest BCUT2D eigenvalue weighted by Crippen LogP contribution is 2.16. The Morgan fingerprint density at radius 1 is 1.15 bits per heavy atom. The average molecular weight is 300 g/mol. The first kappa shape index (κ1) is 16.9. The number of rotatable bonds is 9. The molecule has 0 aromatic heterocycles. The topological polar surface area (TPSA) is 67.4 Å². The summed E-state index contributed by atoms with van der Waals surface area (Å²) in [6, 6.07) is 6.49. The molecule has 114 valence electrons. The zero-order chi connectivity index (χ0) is 15.0. The summed E-state index contributed by atoms with van der Waals surface area (Å²) < 4.78 is 32.1. The second kappa shape index (κ2) is 8.24. The van der Waals surface area contributed by atoms with Crippen molar-refractivity contribution in [3.05, 3.63) is 24.3 Å². The van der Waals surface area contributed by atoms with Gasteiger partial charge in [-0.1, -0.05) is 20.8 Å². The molecule has 0 saturated carbocycles. The van der Waals surface area contributed by atoms with Crippen molar-refractivity contribution >= 4 is 10.0 Å². The van der Waals surface area contributed by atoms with Gasteiger partial charge in [0.25, 0.3) is 0 Å². The van der Waals surface area contributed by atoms with E-state index in [1.165, 1.54) is 0 Å². The van der Waals surface area contributed by atoms with Crippen LogP contribution in [0.25, 0.3) is 0 Å². The van der Waals surface area contributed by atoms with Crippen LogP contribution in [0.4, 0.5) is 0 Å². The molecule has 0 aliphatic heterocycles. The molecule has 5 nitrogen and oxygen atoms in total. The highest BCUT2D eigenvalue weighted by atomic mass is 32.2. The van der Waals surface area contributed by atoms with E-state index in [9.17, 15) is 8.42 Å². The van der Waals surface area contributed by atoms with E-state index in [1.807, 2.05) is 6.92 Å². The van der Waals surface area contributed by atoms with Crippen molar-refractivity contribution in [1.82, 2.24) is 10.0 Å². The summed E-state index contributed by atoms with van der Waals surface area (Å²) in [4.78, 5) is 0.255. The lowest BCUT2D eigenvalue weighted by molar-refractivity contribution is 0.271. The molecular weight excluding hydrogens is 276 g/mol. The van der Waals surface area contributed by atoms with E-state index in [1.54, 1.807) is 24.3 Å². The largest absolute Gasteiger partial charge is 0.493 e. The van der Waals surface area contributed by atoms with Crippen LogP contribution < -0.4 is 14.8 Å². The molecule has 0 atom stereocenters. The van der Waals surface area contributed by atoms with Crippen LogP contribution in [0.1, 0.15) is 20.8 Å². The lowest BCUT2D eigenvalue weighted by atomic mass is 10.2. The van der Waals surface area contributed by atoms with Crippen LogP contribution in [0.3, 0.4) is 0 Å². The standard InChI is InChI=1S/C14H24N2O3S/c1-4-15-9-10-16-20(17,18)14-7-5-13(6-8-14)19-11-12(2)3/h5-8,12,15-16H,4,9-11H2,1-3H3. The fourth-order valence-electron chi connectivity index (χ4n) is 1.51. The molecular formula is C14H24N2O3S. The molecule has 0 spiro atoms. The van der Waals surface area contributed by atoms with Crippen molar-refractivity contribution in [1.29, 1.82) is 0 Å². The summed E-state index contributed by atoms with van der Waals surface area (Å²) in [6.45, 7) is 8.54. The minimum atomic E-state index is -3.43. The van der Waals surface area contributed by atoms with Crippen molar-refractivity contribution in [2.24, 2.45) is 5.92 Å². The molecule has 0 bridgehead atoms. The van der Waals surface area contributed by atoms with Crippen molar-refractivity contribution in [3.63, 3.8) is 0 Å². The lowest BCUT2D eigenvalue weighted by Crippen LogP contribution is -2.31.